The molecule has 0 saturated heterocycles. The Morgan fingerprint density at radius 1 is 0.719 bits per heavy atom. The van der Waals surface area contributed by atoms with Crippen LogP contribution in [0.5, 0.6) is 0 Å². The number of anilines is 1. The number of rotatable bonds is 5. The molecule has 0 atom stereocenters. The van der Waals surface area contributed by atoms with E-state index in [2.05, 4.69) is 77.4 Å². The molecule has 5 aromatic rings. The first kappa shape index (κ1) is 19.8. The highest BCUT2D eigenvalue weighted by Crippen LogP contribution is 2.31. The van der Waals surface area contributed by atoms with Crippen LogP contribution in [-0.4, -0.2) is 24.4 Å². The molecule has 0 aliphatic rings. The van der Waals surface area contributed by atoms with Crippen molar-refractivity contribution in [2.75, 3.05) is 19.0 Å². The van der Waals surface area contributed by atoms with Crippen molar-refractivity contribution in [3.05, 3.63) is 114 Å². The van der Waals surface area contributed by atoms with Crippen molar-refractivity contribution in [1.82, 2.24) is 4.57 Å². The number of hydrogen-bond donors (Lipinski definition) is 0. The monoisotopic (exact) mass is 416 g/mol. The quantitative estimate of drug-likeness (QED) is 0.234. The number of carbonyl (C=O) groups is 1. The molecule has 4 aromatic carbocycles. The molecule has 0 unspecified atom stereocenters. The van der Waals surface area contributed by atoms with Gasteiger partial charge in [-0.2, -0.15) is 0 Å². The zero-order chi connectivity index (χ0) is 22.1. The van der Waals surface area contributed by atoms with Gasteiger partial charge in [0.05, 0.1) is 11.0 Å². The van der Waals surface area contributed by atoms with Crippen LogP contribution in [-0.2, 0) is 0 Å². The summed E-state index contributed by atoms with van der Waals surface area (Å²) in [7, 11) is 3.97. The van der Waals surface area contributed by atoms with Crippen LogP contribution in [0.15, 0.2) is 103 Å². The van der Waals surface area contributed by atoms with E-state index in [-0.39, 0.29) is 5.78 Å². The third-order valence-electron chi connectivity index (χ3n) is 5.83. The molecule has 0 aliphatic carbocycles. The second-order valence-electron chi connectivity index (χ2n) is 8.10. The molecular weight excluding hydrogens is 392 g/mol. The molecule has 1 aromatic heterocycles. The Bertz CT molecular complexity index is 1390. The fourth-order valence-corrected chi connectivity index (χ4v) is 4.13. The number of carbonyl (C=O) groups excluding carboxylic acids is 1. The van der Waals surface area contributed by atoms with Crippen LogP contribution in [0, 0.1) is 0 Å². The van der Waals surface area contributed by atoms with Gasteiger partial charge in [0.15, 0.2) is 5.78 Å². The maximum absolute atomic E-state index is 12.5. The summed E-state index contributed by atoms with van der Waals surface area (Å²) in [5, 5.41) is 2.50. The van der Waals surface area contributed by atoms with E-state index in [4.69, 9.17) is 0 Å². The average Bonchev–Trinajstić information content (AvgIpc) is 3.17. The van der Waals surface area contributed by atoms with Crippen molar-refractivity contribution in [3.63, 3.8) is 0 Å². The summed E-state index contributed by atoms with van der Waals surface area (Å²) >= 11 is 0. The summed E-state index contributed by atoms with van der Waals surface area (Å²) in [6, 6.07) is 32.9. The Kier molecular flexibility index (Phi) is 5.08. The van der Waals surface area contributed by atoms with Crippen LogP contribution in [0.4, 0.5) is 5.69 Å². The van der Waals surface area contributed by atoms with Crippen molar-refractivity contribution in [2.45, 2.75) is 0 Å². The highest BCUT2D eigenvalue weighted by molar-refractivity contribution is 6.09. The van der Waals surface area contributed by atoms with Crippen LogP contribution in [0.1, 0.15) is 15.9 Å². The van der Waals surface area contributed by atoms with Crippen LogP contribution < -0.4 is 4.90 Å². The van der Waals surface area contributed by atoms with Crippen molar-refractivity contribution in [3.8, 4) is 5.69 Å². The number of ketones is 1. The zero-order valence-corrected chi connectivity index (χ0v) is 18.2. The van der Waals surface area contributed by atoms with Crippen molar-refractivity contribution in [2.24, 2.45) is 0 Å². The van der Waals surface area contributed by atoms with Gasteiger partial charge in [-0.3, -0.25) is 4.79 Å². The highest BCUT2D eigenvalue weighted by Gasteiger charge is 2.11. The lowest BCUT2D eigenvalue weighted by Gasteiger charge is -2.11. The van der Waals surface area contributed by atoms with Gasteiger partial charge < -0.3 is 9.47 Å². The minimum absolute atomic E-state index is 0.00165. The van der Waals surface area contributed by atoms with Crippen LogP contribution >= 0.6 is 0 Å². The molecule has 5 rings (SSSR count). The Hall–Kier alpha value is -4.11. The van der Waals surface area contributed by atoms with Crippen LogP contribution in [0.2, 0.25) is 0 Å². The van der Waals surface area contributed by atoms with E-state index in [1.165, 1.54) is 21.8 Å². The Labute approximate surface area is 187 Å². The molecule has 0 N–H and O–H groups in total. The summed E-state index contributed by atoms with van der Waals surface area (Å²) in [6.45, 7) is 0. The normalized spacial score (nSPS) is 11.4. The Morgan fingerprint density at radius 2 is 1.28 bits per heavy atom. The fourth-order valence-electron chi connectivity index (χ4n) is 4.13. The van der Waals surface area contributed by atoms with Gasteiger partial charge >= 0.3 is 0 Å². The third kappa shape index (κ3) is 3.58. The van der Waals surface area contributed by atoms with E-state index < -0.39 is 0 Å². The molecule has 3 nitrogen and oxygen atoms in total. The predicted molar refractivity (Wildman–Crippen MR) is 135 cm³/mol. The summed E-state index contributed by atoms with van der Waals surface area (Å²) < 4.78 is 2.29. The minimum atomic E-state index is 0.00165. The number of para-hydroxylation sites is 2. The van der Waals surface area contributed by atoms with Gasteiger partial charge in [0.1, 0.15) is 0 Å². The first-order chi connectivity index (χ1) is 15.6. The fraction of sp³-hybridized carbons (Fsp3) is 0.0690. The highest BCUT2D eigenvalue weighted by atomic mass is 16.1. The molecule has 0 aliphatic heterocycles. The Morgan fingerprint density at radius 3 is 1.84 bits per heavy atom. The number of hydrogen-bond acceptors (Lipinski definition) is 2. The van der Waals surface area contributed by atoms with E-state index in [1.807, 2.05) is 49.3 Å². The lowest BCUT2D eigenvalue weighted by atomic mass is 10.1. The van der Waals surface area contributed by atoms with Crippen LogP contribution in [0.3, 0.4) is 0 Å². The zero-order valence-electron chi connectivity index (χ0n) is 18.2. The van der Waals surface area contributed by atoms with Gasteiger partial charge in [0.25, 0.3) is 0 Å². The number of aromatic nitrogens is 1. The number of allylic oxidation sites excluding steroid dienone is 1. The summed E-state index contributed by atoms with van der Waals surface area (Å²) in [4.78, 5) is 14.6. The molecule has 0 spiro atoms. The second kappa shape index (κ2) is 8.20. The first-order valence-electron chi connectivity index (χ1n) is 10.7. The lowest BCUT2D eigenvalue weighted by Crippen LogP contribution is -2.08. The topological polar surface area (TPSA) is 25.2 Å². The molecule has 0 amide bonds. The predicted octanol–water partition coefficient (Wildman–Crippen LogP) is 6.75. The van der Waals surface area contributed by atoms with Crippen molar-refractivity contribution < 1.29 is 4.79 Å². The van der Waals surface area contributed by atoms with E-state index in [1.54, 1.807) is 6.08 Å². The van der Waals surface area contributed by atoms with Gasteiger partial charge in [0.2, 0.25) is 0 Å². The lowest BCUT2D eigenvalue weighted by molar-refractivity contribution is 0.104. The van der Waals surface area contributed by atoms with E-state index >= 15 is 0 Å². The smallest absolute Gasteiger partial charge is 0.185 e. The number of nitrogens with zero attached hydrogens (tertiary/aromatic N) is 2. The minimum Gasteiger partial charge on any atom is -0.378 e. The largest absolute Gasteiger partial charge is 0.378 e. The maximum Gasteiger partial charge on any atom is 0.185 e. The molecule has 0 radical (unpaired) electrons. The summed E-state index contributed by atoms with van der Waals surface area (Å²) in [5.74, 6) is 0.00165. The van der Waals surface area contributed by atoms with E-state index in [0.29, 0.717) is 5.56 Å². The Balaban J connectivity index is 1.43. The third-order valence-corrected chi connectivity index (χ3v) is 5.83. The number of benzene rings is 4. The SMILES string of the molecule is CN(C)c1ccc(C(=O)C=Cc2ccc(-n3c4ccccc4c4ccccc43)cc2)cc1. The van der Waals surface area contributed by atoms with Crippen molar-refractivity contribution >= 4 is 39.4 Å². The van der Waals surface area contributed by atoms with Gasteiger partial charge in [-0.25, -0.2) is 0 Å². The van der Waals surface area contributed by atoms with Crippen molar-refractivity contribution in [1.29, 1.82) is 0 Å². The molecule has 3 heteroatoms. The standard InChI is InChI=1S/C29H24N2O/c1-30(2)23-18-14-22(15-19-23)29(32)20-13-21-11-16-24(17-12-21)31-27-9-5-3-7-25(27)26-8-4-6-10-28(26)31/h3-20H,1-2H3. The van der Waals surface area contributed by atoms with E-state index in [0.717, 1.165) is 16.9 Å². The molecule has 32 heavy (non-hydrogen) atoms. The average molecular weight is 417 g/mol. The molecule has 0 saturated carbocycles. The van der Waals surface area contributed by atoms with Gasteiger partial charge in [-0.15, -0.1) is 0 Å². The molecular formula is C29H24N2O. The van der Waals surface area contributed by atoms with E-state index in [9.17, 15) is 4.79 Å². The summed E-state index contributed by atoms with van der Waals surface area (Å²) in [5.41, 5.74) is 6.24. The second-order valence-corrected chi connectivity index (χ2v) is 8.10. The van der Waals surface area contributed by atoms with Gasteiger partial charge in [-0.1, -0.05) is 54.6 Å². The first-order valence-corrected chi connectivity index (χ1v) is 10.7. The molecule has 0 fully saturated rings. The van der Waals surface area contributed by atoms with Gasteiger partial charge in [0, 0.05) is 41.8 Å². The molecule has 1 heterocycles. The molecule has 156 valence electrons. The molecule has 0 bridgehead atoms. The maximum atomic E-state index is 12.5. The van der Waals surface area contributed by atoms with Gasteiger partial charge in [-0.05, 0) is 60.2 Å². The summed E-state index contributed by atoms with van der Waals surface area (Å²) in [6.07, 6.45) is 3.51. The number of fused-ring (bicyclic) bond motifs is 3. The van der Waals surface area contributed by atoms with Crippen LogP contribution in [0.25, 0.3) is 33.6 Å².